The number of carbonyl (C=O) groups is 1. The van der Waals surface area contributed by atoms with Crippen molar-refractivity contribution >= 4 is 11.8 Å². The number of amides is 1. The van der Waals surface area contributed by atoms with E-state index in [4.69, 9.17) is 4.74 Å². The number of ether oxygens (including phenoxy) is 1. The fourth-order valence-corrected chi connectivity index (χ4v) is 2.86. The Morgan fingerprint density at radius 2 is 2.06 bits per heavy atom. The maximum absolute atomic E-state index is 11.7. The zero-order chi connectivity index (χ0) is 12.8. The molecule has 1 N–H and O–H groups in total. The number of benzene rings is 1. The maximum Gasteiger partial charge on any atom is 0.412 e. The number of nitrogens with zero attached hydrogens (tertiary/aromatic N) is 1. The molecule has 0 saturated carbocycles. The molecule has 1 spiro atoms. The first kappa shape index (κ1) is 11.5. The van der Waals surface area contributed by atoms with E-state index < -0.39 is 5.60 Å². The van der Waals surface area contributed by atoms with E-state index >= 15 is 0 Å². The number of hydrogen-bond donors (Lipinski definition) is 1. The number of anilines is 1. The first-order valence-electron chi connectivity index (χ1n) is 6.39. The van der Waals surface area contributed by atoms with Crippen molar-refractivity contribution < 1.29 is 9.53 Å². The van der Waals surface area contributed by atoms with Gasteiger partial charge in [-0.15, -0.1) is 0 Å². The number of likely N-dealkylation sites (tertiary alicyclic amines) is 1. The molecule has 2 aliphatic rings. The van der Waals surface area contributed by atoms with Gasteiger partial charge in [0, 0.05) is 31.5 Å². The van der Waals surface area contributed by atoms with E-state index in [1.165, 1.54) is 5.56 Å². The summed E-state index contributed by atoms with van der Waals surface area (Å²) in [4.78, 5) is 14.0. The van der Waals surface area contributed by atoms with Gasteiger partial charge in [-0.3, -0.25) is 5.32 Å². The molecular weight excluding hydrogens is 228 g/mol. The predicted molar refractivity (Wildman–Crippen MR) is 69.7 cm³/mol. The summed E-state index contributed by atoms with van der Waals surface area (Å²) in [5.74, 6) is 0. The van der Waals surface area contributed by atoms with E-state index in [2.05, 4.69) is 30.3 Å². The van der Waals surface area contributed by atoms with Crippen LogP contribution in [0.4, 0.5) is 10.5 Å². The Labute approximate surface area is 107 Å². The molecule has 0 atom stereocenters. The largest absolute Gasteiger partial charge is 0.438 e. The number of carbonyl (C=O) groups excluding carboxylic acids is 1. The van der Waals surface area contributed by atoms with E-state index in [0.717, 1.165) is 37.2 Å². The maximum atomic E-state index is 11.7. The number of aryl methyl sites for hydroxylation is 1. The Balaban J connectivity index is 2.06. The van der Waals surface area contributed by atoms with Crippen LogP contribution < -0.4 is 5.32 Å². The monoisotopic (exact) mass is 246 g/mol. The molecule has 0 unspecified atom stereocenters. The lowest BCUT2D eigenvalue weighted by Gasteiger charge is -2.43. The minimum atomic E-state index is -0.420. The number of nitrogens with one attached hydrogen (secondary N) is 1. The molecule has 2 aliphatic heterocycles. The van der Waals surface area contributed by atoms with Crippen molar-refractivity contribution in [2.24, 2.45) is 0 Å². The van der Waals surface area contributed by atoms with Gasteiger partial charge in [-0.25, -0.2) is 4.79 Å². The number of rotatable bonds is 0. The summed E-state index contributed by atoms with van der Waals surface area (Å²) in [5, 5.41) is 2.80. The molecular formula is C14H18N2O2. The van der Waals surface area contributed by atoms with E-state index in [-0.39, 0.29) is 6.09 Å². The second-order valence-corrected chi connectivity index (χ2v) is 5.36. The van der Waals surface area contributed by atoms with Gasteiger partial charge < -0.3 is 9.64 Å². The number of hydrogen-bond acceptors (Lipinski definition) is 3. The highest BCUT2D eigenvalue weighted by Crippen LogP contribution is 2.43. The van der Waals surface area contributed by atoms with Crippen LogP contribution in [0.25, 0.3) is 0 Å². The van der Waals surface area contributed by atoms with Crippen molar-refractivity contribution in [3.63, 3.8) is 0 Å². The summed E-state index contributed by atoms with van der Waals surface area (Å²) in [6.45, 7) is 3.99. The highest BCUT2D eigenvalue weighted by molar-refractivity contribution is 5.89. The van der Waals surface area contributed by atoms with Gasteiger partial charge in [0.15, 0.2) is 0 Å². The van der Waals surface area contributed by atoms with Crippen LogP contribution in [0.1, 0.15) is 24.0 Å². The van der Waals surface area contributed by atoms with E-state index in [1.807, 2.05) is 12.1 Å². The third-order valence-electron chi connectivity index (χ3n) is 3.99. The van der Waals surface area contributed by atoms with Gasteiger partial charge in [0.1, 0.15) is 5.60 Å². The van der Waals surface area contributed by atoms with Gasteiger partial charge in [-0.05, 0) is 26.1 Å². The summed E-state index contributed by atoms with van der Waals surface area (Å²) < 4.78 is 5.67. The van der Waals surface area contributed by atoms with E-state index in [9.17, 15) is 4.79 Å². The quantitative estimate of drug-likeness (QED) is 0.764. The van der Waals surface area contributed by atoms with Crippen molar-refractivity contribution in [1.29, 1.82) is 0 Å². The lowest BCUT2D eigenvalue weighted by atomic mass is 9.82. The van der Waals surface area contributed by atoms with Crippen LogP contribution in [-0.2, 0) is 10.3 Å². The minimum absolute atomic E-state index is 0.323. The molecule has 96 valence electrons. The molecule has 2 heterocycles. The topological polar surface area (TPSA) is 41.6 Å². The average Bonchev–Trinajstić information content (AvgIpc) is 2.34. The smallest absolute Gasteiger partial charge is 0.412 e. The van der Waals surface area contributed by atoms with Gasteiger partial charge in [0.2, 0.25) is 0 Å². The van der Waals surface area contributed by atoms with Crippen LogP contribution >= 0.6 is 0 Å². The van der Waals surface area contributed by atoms with Crippen molar-refractivity contribution in [2.75, 3.05) is 25.5 Å². The average molecular weight is 246 g/mol. The molecule has 1 aromatic rings. The number of fused-ring (bicyclic) bond motifs is 2. The molecule has 0 aliphatic carbocycles. The van der Waals surface area contributed by atoms with Gasteiger partial charge in [-0.1, -0.05) is 11.6 Å². The first-order valence-corrected chi connectivity index (χ1v) is 6.39. The normalized spacial score (nSPS) is 22.2. The highest BCUT2D eigenvalue weighted by atomic mass is 16.6. The van der Waals surface area contributed by atoms with Crippen LogP contribution in [0.15, 0.2) is 18.2 Å². The van der Waals surface area contributed by atoms with Crippen molar-refractivity contribution in [3.05, 3.63) is 29.3 Å². The van der Waals surface area contributed by atoms with Gasteiger partial charge in [0.05, 0.1) is 5.69 Å². The first-order chi connectivity index (χ1) is 8.59. The zero-order valence-electron chi connectivity index (χ0n) is 10.8. The predicted octanol–water partition coefficient (Wildman–Crippen LogP) is 2.48. The highest BCUT2D eigenvalue weighted by Gasteiger charge is 2.43. The molecule has 1 amide bonds. The Kier molecular flexibility index (Phi) is 2.55. The molecule has 18 heavy (non-hydrogen) atoms. The fraction of sp³-hybridized carbons (Fsp3) is 0.500. The van der Waals surface area contributed by atoms with Crippen LogP contribution in [0.5, 0.6) is 0 Å². The van der Waals surface area contributed by atoms with Crippen LogP contribution in [-0.4, -0.2) is 31.1 Å². The van der Waals surface area contributed by atoms with Crippen LogP contribution in [0.3, 0.4) is 0 Å². The van der Waals surface area contributed by atoms with Crippen molar-refractivity contribution in [3.8, 4) is 0 Å². The third kappa shape index (κ3) is 1.77. The van der Waals surface area contributed by atoms with Crippen molar-refractivity contribution in [2.45, 2.75) is 25.4 Å². The van der Waals surface area contributed by atoms with Gasteiger partial charge in [0.25, 0.3) is 0 Å². The second kappa shape index (κ2) is 3.99. The van der Waals surface area contributed by atoms with Gasteiger partial charge in [-0.2, -0.15) is 0 Å². The molecule has 1 aromatic carbocycles. The van der Waals surface area contributed by atoms with Gasteiger partial charge >= 0.3 is 6.09 Å². The van der Waals surface area contributed by atoms with Crippen LogP contribution in [0, 0.1) is 6.92 Å². The molecule has 1 saturated heterocycles. The lowest BCUT2D eigenvalue weighted by Crippen LogP contribution is -2.47. The summed E-state index contributed by atoms with van der Waals surface area (Å²) in [7, 11) is 2.10. The molecule has 0 aromatic heterocycles. The Bertz CT molecular complexity index is 491. The molecule has 4 nitrogen and oxygen atoms in total. The Morgan fingerprint density at radius 3 is 2.78 bits per heavy atom. The summed E-state index contributed by atoms with van der Waals surface area (Å²) in [6.07, 6.45) is 1.41. The SMILES string of the molecule is Cc1ccc2c(c1)C1(CCN(C)CC1)OC(=O)N2. The zero-order valence-corrected chi connectivity index (χ0v) is 10.8. The van der Waals surface area contributed by atoms with E-state index in [0.29, 0.717) is 0 Å². The third-order valence-corrected chi connectivity index (χ3v) is 3.99. The molecule has 4 heteroatoms. The minimum Gasteiger partial charge on any atom is -0.438 e. The summed E-state index contributed by atoms with van der Waals surface area (Å²) in [6, 6.07) is 6.14. The molecule has 0 bridgehead atoms. The van der Waals surface area contributed by atoms with Crippen LogP contribution in [0.2, 0.25) is 0 Å². The Morgan fingerprint density at radius 1 is 1.33 bits per heavy atom. The standard InChI is InChI=1S/C14H18N2O2/c1-10-3-4-12-11(9-10)14(18-13(17)15-12)5-7-16(2)8-6-14/h3-4,9H,5-8H2,1-2H3,(H,15,17). The summed E-state index contributed by atoms with van der Waals surface area (Å²) >= 11 is 0. The Hall–Kier alpha value is -1.55. The van der Waals surface area contributed by atoms with Crippen molar-refractivity contribution in [1.82, 2.24) is 4.90 Å². The fourth-order valence-electron chi connectivity index (χ4n) is 2.86. The van der Waals surface area contributed by atoms with E-state index in [1.54, 1.807) is 0 Å². The lowest BCUT2D eigenvalue weighted by molar-refractivity contribution is -0.0334. The molecule has 3 rings (SSSR count). The molecule has 0 radical (unpaired) electrons. The second-order valence-electron chi connectivity index (χ2n) is 5.36. The summed E-state index contributed by atoms with van der Waals surface area (Å²) in [5.41, 5.74) is 2.82. The number of piperidine rings is 1. The molecule has 1 fully saturated rings.